The summed E-state index contributed by atoms with van der Waals surface area (Å²) in [6.07, 6.45) is 1.70. The maximum absolute atomic E-state index is 14.2. The molecule has 0 spiro atoms. The van der Waals surface area contributed by atoms with Gasteiger partial charge in [0.05, 0.1) is 54.8 Å². The van der Waals surface area contributed by atoms with Crippen molar-refractivity contribution in [3.8, 4) is 23.0 Å². The van der Waals surface area contributed by atoms with Gasteiger partial charge < -0.3 is 23.7 Å². The van der Waals surface area contributed by atoms with Gasteiger partial charge in [0.2, 0.25) is 0 Å². The van der Waals surface area contributed by atoms with Crippen molar-refractivity contribution in [1.82, 2.24) is 4.57 Å². The predicted octanol–water partition coefficient (Wildman–Crippen LogP) is 6.47. The van der Waals surface area contributed by atoms with Crippen molar-refractivity contribution in [3.63, 3.8) is 0 Å². The quantitative estimate of drug-likeness (QED) is 0.172. The number of benzene rings is 3. The van der Waals surface area contributed by atoms with E-state index in [2.05, 4.69) is 20.9 Å². The maximum Gasteiger partial charge on any atom is 0.338 e. The van der Waals surface area contributed by atoms with E-state index in [-0.39, 0.29) is 24.3 Å². The maximum atomic E-state index is 14.2. The molecule has 0 unspecified atom stereocenters. The van der Waals surface area contributed by atoms with E-state index in [1.807, 2.05) is 12.1 Å². The monoisotopic (exact) mass is 746 g/mol. The molecule has 0 amide bonds. The van der Waals surface area contributed by atoms with Gasteiger partial charge in [-0.1, -0.05) is 62.6 Å². The number of carbonyl (C=O) groups excluding carboxylic acids is 1. The number of thiazole rings is 1. The molecule has 0 saturated carbocycles. The summed E-state index contributed by atoms with van der Waals surface area (Å²) >= 11 is 17.6. The fraction of sp³-hybridized carbons (Fsp3) is 0.242. The average Bonchev–Trinajstić information content (AvgIpc) is 3.33. The number of halogens is 3. The molecule has 0 aliphatic carbocycles. The lowest BCUT2D eigenvalue weighted by atomic mass is 9.95. The smallest absolute Gasteiger partial charge is 0.338 e. The summed E-state index contributed by atoms with van der Waals surface area (Å²) in [4.78, 5) is 32.5. The van der Waals surface area contributed by atoms with E-state index in [9.17, 15) is 9.59 Å². The van der Waals surface area contributed by atoms with E-state index < -0.39 is 12.0 Å². The second-order valence-corrected chi connectivity index (χ2v) is 12.7. The largest absolute Gasteiger partial charge is 0.493 e. The lowest BCUT2D eigenvalue weighted by Gasteiger charge is -2.26. The molecule has 0 fully saturated rings. The number of ether oxygens (including phenoxy) is 5. The van der Waals surface area contributed by atoms with Crippen LogP contribution in [0.1, 0.15) is 36.6 Å². The number of methoxy groups -OCH3 is 3. The molecule has 9 nitrogen and oxygen atoms in total. The van der Waals surface area contributed by atoms with Gasteiger partial charge in [-0.25, -0.2) is 9.79 Å². The Kier molecular flexibility index (Phi) is 10.5. The van der Waals surface area contributed by atoms with Crippen LogP contribution >= 0.6 is 50.5 Å². The van der Waals surface area contributed by atoms with Crippen molar-refractivity contribution in [1.29, 1.82) is 0 Å². The van der Waals surface area contributed by atoms with E-state index in [0.29, 0.717) is 63.7 Å². The Labute approximate surface area is 287 Å². The minimum atomic E-state index is -0.868. The highest BCUT2D eigenvalue weighted by molar-refractivity contribution is 9.10. The molecule has 0 saturated heterocycles. The summed E-state index contributed by atoms with van der Waals surface area (Å²) in [6.45, 7) is 3.82. The van der Waals surface area contributed by atoms with Crippen LogP contribution in [-0.2, 0) is 16.1 Å². The van der Waals surface area contributed by atoms with Crippen LogP contribution in [-0.4, -0.2) is 38.5 Å². The lowest BCUT2D eigenvalue weighted by Crippen LogP contribution is -2.40. The Balaban J connectivity index is 1.62. The third-order valence-corrected chi connectivity index (χ3v) is 9.32. The van der Waals surface area contributed by atoms with Crippen LogP contribution in [0.3, 0.4) is 0 Å². The van der Waals surface area contributed by atoms with Gasteiger partial charge in [0, 0.05) is 9.50 Å². The molecule has 0 N–H and O–H groups in total. The molecule has 5 rings (SSSR count). The minimum Gasteiger partial charge on any atom is -0.493 e. The molecular formula is C33H29BrCl2N2O7S. The van der Waals surface area contributed by atoms with Crippen molar-refractivity contribution in [2.24, 2.45) is 4.99 Å². The predicted molar refractivity (Wildman–Crippen MR) is 181 cm³/mol. The number of rotatable bonds is 10. The first-order valence-electron chi connectivity index (χ1n) is 14.0. The van der Waals surface area contributed by atoms with Crippen LogP contribution in [0.5, 0.6) is 23.0 Å². The van der Waals surface area contributed by atoms with E-state index >= 15 is 0 Å². The van der Waals surface area contributed by atoms with Crippen LogP contribution in [0.25, 0.3) is 6.08 Å². The molecule has 0 bridgehead atoms. The highest BCUT2D eigenvalue weighted by atomic mass is 79.9. The van der Waals surface area contributed by atoms with Gasteiger partial charge in [-0.05, 0) is 73.0 Å². The first kappa shape index (κ1) is 33.6. The molecular weight excluding hydrogens is 719 g/mol. The Morgan fingerprint density at radius 2 is 1.76 bits per heavy atom. The molecule has 13 heteroatoms. The fourth-order valence-corrected chi connectivity index (χ4v) is 7.13. The van der Waals surface area contributed by atoms with Gasteiger partial charge in [0.15, 0.2) is 27.8 Å². The highest BCUT2D eigenvalue weighted by Crippen LogP contribution is 2.41. The number of aromatic nitrogens is 1. The van der Waals surface area contributed by atoms with Crippen LogP contribution in [0.15, 0.2) is 74.1 Å². The molecule has 1 atom stereocenters. The van der Waals surface area contributed by atoms with Gasteiger partial charge in [-0.2, -0.15) is 0 Å². The summed E-state index contributed by atoms with van der Waals surface area (Å²) in [5.74, 6) is 1.08. The Morgan fingerprint density at radius 1 is 1.04 bits per heavy atom. The van der Waals surface area contributed by atoms with Crippen LogP contribution in [0.4, 0.5) is 0 Å². The standard InChI is InChI=1S/C33H29BrCl2N2O7S/c1-6-44-32(40)28-17(2)37-33-38(29(28)21-14-24(41-3)25(42-4)15-22(21)34)31(39)27(46-33)13-19-11-23(36)30(26(12-19)43-5)45-16-18-8-7-9-20(35)10-18/h7-15,29H,6,16H2,1-5H3/b27-13-/t29-/m0/s1. The first-order valence-corrected chi connectivity index (χ1v) is 16.3. The highest BCUT2D eigenvalue weighted by Gasteiger charge is 2.35. The van der Waals surface area contributed by atoms with E-state index in [1.165, 1.54) is 37.2 Å². The number of carbonyl (C=O) groups is 1. The van der Waals surface area contributed by atoms with Crippen LogP contribution in [0, 0.1) is 0 Å². The molecule has 240 valence electrons. The zero-order valence-electron chi connectivity index (χ0n) is 25.5. The van der Waals surface area contributed by atoms with Gasteiger partial charge in [-0.3, -0.25) is 9.36 Å². The lowest BCUT2D eigenvalue weighted by molar-refractivity contribution is -0.139. The first-order chi connectivity index (χ1) is 22.1. The zero-order chi connectivity index (χ0) is 33.1. The average molecular weight is 748 g/mol. The Hall–Kier alpha value is -3.77. The van der Waals surface area contributed by atoms with Gasteiger partial charge in [0.1, 0.15) is 6.61 Å². The van der Waals surface area contributed by atoms with Crippen molar-refractivity contribution in [3.05, 3.63) is 111 Å². The molecule has 46 heavy (non-hydrogen) atoms. The van der Waals surface area contributed by atoms with Crippen molar-refractivity contribution in [2.75, 3.05) is 27.9 Å². The molecule has 1 aliphatic heterocycles. The summed E-state index contributed by atoms with van der Waals surface area (Å²) in [5, 5.41) is 0.897. The zero-order valence-corrected chi connectivity index (χ0v) is 29.4. The summed E-state index contributed by atoms with van der Waals surface area (Å²) in [5.41, 5.74) is 2.37. The van der Waals surface area contributed by atoms with Crippen molar-refractivity contribution < 1.29 is 28.5 Å². The number of nitrogens with zero attached hydrogens (tertiary/aromatic N) is 2. The van der Waals surface area contributed by atoms with E-state index in [1.54, 1.807) is 56.3 Å². The van der Waals surface area contributed by atoms with Crippen molar-refractivity contribution in [2.45, 2.75) is 26.5 Å². The van der Waals surface area contributed by atoms with E-state index in [4.69, 9.17) is 46.9 Å². The Morgan fingerprint density at radius 3 is 2.43 bits per heavy atom. The number of esters is 1. The SMILES string of the molecule is CCOC(=O)C1=C(C)N=c2s/c(=C\c3cc(Cl)c(OCc4cccc(Cl)c4)c(OC)c3)c(=O)n2[C@H]1c1cc(OC)c(OC)cc1Br. The molecule has 1 aliphatic rings. The molecule has 2 heterocycles. The van der Waals surface area contributed by atoms with Crippen LogP contribution < -0.4 is 33.8 Å². The van der Waals surface area contributed by atoms with Gasteiger partial charge in [0.25, 0.3) is 5.56 Å². The number of hydrogen-bond acceptors (Lipinski definition) is 9. The third-order valence-electron chi connectivity index (χ3n) is 7.14. The normalized spacial score (nSPS) is 14.4. The Bertz CT molecular complexity index is 2040. The topological polar surface area (TPSA) is 97.6 Å². The molecule has 0 radical (unpaired) electrons. The summed E-state index contributed by atoms with van der Waals surface area (Å²) in [7, 11) is 4.55. The molecule has 1 aromatic heterocycles. The minimum absolute atomic E-state index is 0.154. The molecule has 4 aromatic rings. The number of hydrogen-bond donors (Lipinski definition) is 0. The summed E-state index contributed by atoms with van der Waals surface area (Å²) < 4.78 is 30.5. The second-order valence-electron chi connectivity index (χ2n) is 9.98. The van der Waals surface area contributed by atoms with Crippen molar-refractivity contribution >= 4 is 62.5 Å². The third kappa shape index (κ3) is 6.69. The fourth-order valence-electron chi connectivity index (χ4n) is 5.06. The number of allylic oxidation sites excluding steroid dienone is 1. The second kappa shape index (κ2) is 14.3. The number of fused-ring (bicyclic) bond motifs is 1. The molecule has 3 aromatic carbocycles. The van der Waals surface area contributed by atoms with E-state index in [0.717, 1.165) is 5.56 Å². The van der Waals surface area contributed by atoms with Gasteiger partial charge in [-0.15, -0.1) is 0 Å². The van der Waals surface area contributed by atoms with Gasteiger partial charge >= 0.3 is 5.97 Å². The van der Waals surface area contributed by atoms with Crippen LogP contribution in [0.2, 0.25) is 10.0 Å². The summed E-state index contributed by atoms with van der Waals surface area (Å²) in [6, 6.07) is 13.3.